The fraction of sp³-hybridized carbons (Fsp3) is 0.655. The molecule has 0 spiro atoms. The summed E-state index contributed by atoms with van der Waals surface area (Å²) in [5, 5.41) is 8.16. The van der Waals surface area contributed by atoms with Crippen molar-refractivity contribution in [2.24, 2.45) is 17.8 Å². The molecule has 2 aromatic rings. The lowest BCUT2D eigenvalue weighted by Gasteiger charge is -2.40. The Morgan fingerprint density at radius 2 is 1.92 bits per heavy atom. The van der Waals surface area contributed by atoms with Gasteiger partial charge in [0.25, 0.3) is 5.56 Å². The van der Waals surface area contributed by atoms with Crippen molar-refractivity contribution >= 4 is 23.0 Å². The third kappa shape index (κ3) is 6.06. The molecule has 4 atom stereocenters. The van der Waals surface area contributed by atoms with E-state index in [0.717, 1.165) is 69.3 Å². The summed E-state index contributed by atoms with van der Waals surface area (Å²) in [4.78, 5) is 15.7. The Morgan fingerprint density at radius 1 is 1.10 bits per heavy atom. The van der Waals surface area contributed by atoms with Gasteiger partial charge in [0.2, 0.25) is 0 Å². The van der Waals surface area contributed by atoms with Crippen molar-refractivity contribution in [1.82, 2.24) is 9.78 Å². The molecule has 0 unspecified atom stereocenters. The summed E-state index contributed by atoms with van der Waals surface area (Å²) < 4.78 is 24.3. The second-order valence-corrected chi connectivity index (χ2v) is 11.7. The zero-order valence-electron chi connectivity index (χ0n) is 22.6. The van der Waals surface area contributed by atoms with Crippen molar-refractivity contribution in [1.29, 1.82) is 0 Å². The van der Waals surface area contributed by atoms with Gasteiger partial charge >= 0.3 is 0 Å². The number of benzene rings is 1. The molecular weight excluding hydrogens is 520 g/mol. The lowest BCUT2D eigenvalue weighted by molar-refractivity contribution is -0.0847. The molecule has 1 N–H and O–H groups in total. The lowest BCUT2D eigenvalue weighted by Crippen LogP contribution is -2.46. The molecule has 6 rings (SSSR count). The zero-order valence-corrected chi connectivity index (χ0v) is 23.4. The molecule has 2 saturated carbocycles. The minimum atomic E-state index is -0.214. The Kier molecular flexibility index (Phi) is 8.30. The van der Waals surface area contributed by atoms with Gasteiger partial charge in [0.15, 0.2) is 0 Å². The largest absolute Gasteiger partial charge is 0.497 e. The molecule has 1 aromatic heterocycles. The Hall–Kier alpha value is -2.33. The van der Waals surface area contributed by atoms with E-state index >= 15 is 0 Å². The second-order valence-electron chi connectivity index (χ2n) is 11.3. The van der Waals surface area contributed by atoms with E-state index in [9.17, 15) is 4.79 Å². The van der Waals surface area contributed by atoms with Crippen LogP contribution in [0.15, 0.2) is 35.3 Å². The quantitative estimate of drug-likeness (QED) is 0.494. The maximum absolute atomic E-state index is 13.2. The van der Waals surface area contributed by atoms with Crippen LogP contribution >= 0.6 is 11.6 Å². The molecule has 4 fully saturated rings. The van der Waals surface area contributed by atoms with E-state index in [1.165, 1.54) is 6.42 Å². The summed E-state index contributed by atoms with van der Waals surface area (Å²) >= 11 is 6.56. The number of methoxy groups -OCH3 is 1. The number of aromatic nitrogens is 2. The Balaban J connectivity index is 1.10. The molecule has 2 saturated heterocycles. The molecular formula is C29H39ClN4O5. The molecule has 2 aliphatic carbocycles. The first-order chi connectivity index (χ1) is 19.1. The third-order valence-electron chi connectivity index (χ3n) is 8.89. The normalized spacial score (nSPS) is 30.3. The molecule has 2 aliphatic heterocycles. The van der Waals surface area contributed by atoms with E-state index in [2.05, 4.69) is 27.4 Å². The van der Waals surface area contributed by atoms with E-state index in [0.29, 0.717) is 43.4 Å². The fourth-order valence-corrected chi connectivity index (χ4v) is 6.73. The van der Waals surface area contributed by atoms with Crippen molar-refractivity contribution in [3.8, 4) is 5.75 Å². The van der Waals surface area contributed by atoms with Crippen molar-refractivity contribution < 1.29 is 18.9 Å². The van der Waals surface area contributed by atoms with Crippen LogP contribution in [-0.4, -0.2) is 75.2 Å². The number of ether oxygens (including phenoxy) is 4. The Labute approximate surface area is 234 Å². The molecule has 39 heavy (non-hydrogen) atoms. The van der Waals surface area contributed by atoms with E-state index in [4.69, 9.17) is 30.5 Å². The molecule has 4 aliphatic rings. The van der Waals surface area contributed by atoms with Gasteiger partial charge in [-0.3, -0.25) is 4.79 Å². The number of fused-ring (bicyclic) bond motifs is 1. The van der Waals surface area contributed by atoms with Crippen molar-refractivity contribution in [2.45, 2.75) is 50.3 Å². The van der Waals surface area contributed by atoms with Gasteiger partial charge in [-0.15, -0.1) is 0 Å². The minimum absolute atomic E-state index is 0.0336. The second kappa shape index (κ2) is 12.0. The monoisotopic (exact) mass is 558 g/mol. The van der Waals surface area contributed by atoms with Gasteiger partial charge in [-0.1, -0.05) is 11.6 Å². The average molecular weight is 559 g/mol. The standard InChI is InChI=1S/C29H39ClN4O5/c1-36-24-8-6-22(7-9-24)33(15-25-18-37-10-11-39-25)21-2-4-23(5-3-21)34-29(35)28(30)27(14-32-34)31-13-20-17-38-16-19-12-26(19)20/h6-9,14,19-21,23,25-26,31H,2-5,10-13,15-18H2,1H3/t19-,20-,21-,23-,25+,26-/m1/s1. The maximum Gasteiger partial charge on any atom is 0.287 e. The van der Waals surface area contributed by atoms with Crippen LogP contribution in [-0.2, 0) is 14.2 Å². The van der Waals surface area contributed by atoms with Crippen molar-refractivity contribution in [3.63, 3.8) is 0 Å². The number of anilines is 2. The van der Waals surface area contributed by atoms with Crippen molar-refractivity contribution in [3.05, 3.63) is 45.8 Å². The van der Waals surface area contributed by atoms with Gasteiger partial charge in [0.05, 0.1) is 57.6 Å². The van der Waals surface area contributed by atoms with Crippen LogP contribution in [0.4, 0.5) is 11.4 Å². The van der Waals surface area contributed by atoms with Crippen LogP contribution in [0.3, 0.4) is 0 Å². The van der Waals surface area contributed by atoms with Crippen LogP contribution in [0.2, 0.25) is 5.02 Å². The minimum Gasteiger partial charge on any atom is -0.497 e. The predicted molar refractivity (Wildman–Crippen MR) is 150 cm³/mol. The number of rotatable bonds is 9. The van der Waals surface area contributed by atoms with Gasteiger partial charge in [0.1, 0.15) is 10.8 Å². The van der Waals surface area contributed by atoms with Crippen LogP contribution in [0.25, 0.3) is 0 Å². The van der Waals surface area contributed by atoms with Crippen LogP contribution < -0.4 is 20.5 Å². The highest BCUT2D eigenvalue weighted by Crippen LogP contribution is 2.47. The summed E-state index contributed by atoms with van der Waals surface area (Å²) in [6, 6.07) is 8.57. The number of nitrogens with zero attached hydrogens (tertiary/aromatic N) is 3. The number of nitrogens with one attached hydrogen (secondary N) is 1. The summed E-state index contributed by atoms with van der Waals surface area (Å²) in [5.41, 5.74) is 1.55. The Morgan fingerprint density at radius 3 is 2.67 bits per heavy atom. The highest BCUT2D eigenvalue weighted by molar-refractivity contribution is 6.32. The molecule has 0 radical (unpaired) electrons. The molecule has 212 valence electrons. The third-order valence-corrected chi connectivity index (χ3v) is 9.25. The zero-order chi connectivity index (χ0) is 26.8. The molecule has 0 bridgehead atoms. The topological polar surface area (TPSA) is 87.1 Å². The number of halogens is 1. The molecule has 0 amide bonds. The van der Waals surface area contributed by atoms with Gasteiger partial charge in [-0.25, -0.2) is 4.68 Å². The van der Waals surface area contributed by atoms with E-state index in [1.807, 2.05) is 12.1 Å². The van der Waals surface area contributed by atoms with E-state index in [1.54, 1.807) is 18.0 Å². The smallest absolute Gasteiger partial charge is 0.287 e. The molecule has 10 heteroatoms. The summed E-state index contributed by atoms with van der Waals surface area (Å²) in [5.74, 6) is 2.76. The number of hydrogen-bond acceptors (Lipinski definition) is 8. The van der Waals surface area contributed by atoms with Gasteiger partial charge < -0.3 is 29.2 Å². The molecule has 1 aromatic carbocycles. The highest BCUT2D eigenvalue weighted by Gasteiger charge is 2.45. The average Bonchev–Trinajstić information content (AvgIpc) is 3.78. The summed E-state index contributed by atoms with van der Waals surface area (Å²) in [6.45, 7) is 5.07. The first-order valence-electron chi connectivity index (χ1n) is 14.3. The SMILES string of the molecule is COc1ccc(N(C[C@H]2COCCO2)[C@H]2CC[C@H](n3ncc(NC[C@@H]4COC[C@H]5C[C@@H]45)c(Cl)c3=O)CC2)cc1. The van der Waals surface area contributed by atoms with Crippen LogP contribution in [0, 0.1) is 17.8 Å². The first-order valence-corrected chi connectivity index (χ1v) is 14.7. The van der Waals surface area contributed by atoms with Crippen LogP contribution in [0.1, 0.15) is 38.1 Å². The fourth-order valence-electron chi connectivity index (χ4n) is 6.53. The van der Waals surface area contributed by atoms with E-state index in [-0.39, 0.29) is 22.7 Å². The van der Waals surface area contributed by atoms with Gasteiger partial charge in [0, 0.05) is 37.3 Å². The molecule has 3 heterocycles. The maximum atomic E-state index is 13.2. The van der Waals surface area contributed by atoms with Gasteiger partial charge in [-0.05, 0) is 68.2 Å². The number of hydrogen-bond donors (Lipinski definition) is 1. The van der Waals surface area contributed by atoms with Crippen molar-refractivity contribution in [2.75, 3.05) is 63.5 Å². The molecule has 9 nitrogen and oxygen atoms in total. The van der Waals surface area contributed by atoms with Gasteiger partial charge in [-0.2, -0.15) is 5.10 Å². The summed E-state index contributed by atoms with van der Waals surface area (Å²) in [7, 11) is 1.68. The predicted octanol–water partition coefficient (Wildman–Crippen LogP) is 4.01. The highest BCUT2D eigenvalue weighted by atomic mass is 35.5. The Bertz CT molecular complexity index is 1160. The summed E-state index contributed by atoms with van der Waals surface area (Å²) in [6.07, 6.45) is 6.61. The lowest BCUT2D eigenvalue weighted by atomic mass is 9.89. The van der Waals surface area contributed by atoms with Crippen LogP contribution in [0.5, 0.6) is 5.75 Å². The first kappa shape index (κ1) is 26.9. The van der Waals surface area contributed by atoms with E-state index < -0.39 is 0 Å².